The van der Waals surface area contributed by atoms with E-state index < -0.39 is 0 Å². The summed E-state index contributed by atoms with van der Waals surface area (Å²) in [6.45, 7) is 4.97. The van der Waals surface area contributed by atoms with Crippen LogP contribution in [0.15, 0.2) is 42.7 Å². The fourth-order valence-electron chi connectivity index (χ4n) is 3.17. The van der Waals surface area contributed by atoms with Gasteiger partial charge in [0.25, 0.3) is 0 Å². The van der Waals surface area contributed by atoms with E-state index in [1.807, 2.05) is 55.1 Å². The Morgan fingerprint density at radius 1 is 1.25 bits per heavy atom. The number of amides is 1. The smallest absolute Gasteiger partial charge is 0.220 e. The Bertz CT molecular complexity index is 980. The van der Waals surface area contributed by atoms with E-state index in [9.17, 15) is 4.79 Å². The molecule has 0 atom stereocenters. The number of para-hydroxylation sites is 1. The molecule has 2 heterocycles. The van der Waals surface area contributed by atoms with E-state index in [0.29, 0.717) is 32.4 Å². The Labute approximate surface area is 164 Å². The Morgan fingerprint density at radius 3 is 2.79 bits per heavy atom. The average molecular weight is 376 g/mol. The van der Waals surface area contributed by atoms with Gasteiger partial charge in [0.15, 0.2) is 0 Å². The van der Waals surface area contributed by atoms with Crippen molar-refractivity contribution in [2.45, 2.75) is 46.2 Å². The van der Waals surface area contributed by atoms with Crippen molar-refractivity contribution in [1.82, 2.24) is 24.9 Å². The Morgan fingerprint density at radius 2 is 2.04 bits per heavy atom. The van der Waals surface area contributed by atoms with Crippen molar-refractivity contribution in [3.8, 4) is 11.8 Å². The van der Waals surface area contributed by atoms with Gasteiger partial charge in [-0.25, -0.2) is 4.68 Å². The predicted octanol–water partition coefficient (Wildman–Crippen LogP) is 2.85. The van der Waals surface area contributed by atoms with Crippen molar-refractivity contribution in [3.05, 3.63) is 65.2 Å². The van der Waals surface area contributed by atoms with Crippen LogP contribution in [0.5, 0.6) is 0 Å². The molecule has 7 nitrogen and oxygen atoms in total. The number of nitrogens with one attached hydrogen (secondary N) is 1. The lowest BCUT2D eigenvalue weighted by molar-refractivity contribution is -0.121. The van der Waals surface area contributed by atoms with Gasteiger partial charge in [-0.1, -0.05) is 18.2 Å². The van der Waals surface area contributed by atoms with Gasteiger partial charge in [-0.05, 0) is 38.0 Å². The quantitative estimate of drug-likeness (QED) is 0.655. The van der Waals surface area contributed by atoms with Crippen LogP contribution in [0.25, 0.3) is 5.69 Å². The van der Waals surface area contributed by atoms with Crippen molar-refractivity contribution < 1.29 is 4.79 Å². The molecule has 7 heteroatoms. The van der Waals surface area contributed by atoms with Crippen LogP contribution in [0.3, 0.4) is 0 Å². The average Bonchev–Trinajstić information content (AvgIpc) is 3.29. The minimum Gasteiger partial charge on any atom is -0.352 e. The van der Waals surface area contributed by atoms with Crippen molar-refractivity contribution >= 4 is 5.91 Å². The molecule has 0 aliphatic carbocycles. The fraction of sp³-hybridized carbons (Fsp3) is 0.333. The number of carbonyl (C=O) groups is 1. The van der Waals surface area contributed by atoms with Crippen molar-refractivity contribution in [3.63, 3.8) is 0 Å². The highest BCUT2D eigenvalue weighted by molar-refractivity contribution is 5.76. The predicted molar refractivity (Wildman–Crippen MR) is 106 cm³/mol. The molecule has 0 radical (unpaired) electrons. The van der Waals surface area contributed by atoms with Crippen molar-refractivity contribution in [2.75, 3.05) is 0 Å². The summed E-state index contributed by atoms with van der Waals surface area (Å²) in [6.07, 6.45) is 5.15. The number of nitrogens with zero attached hydrogens (tertiary/aromatic N) is 5. The van der Waals surface area contributed by atoms with Gasteiger partial charge >= 0.3 is 0 Å². The monoisotopic (exact) mass is 376 g/mol. The number of benzene rings is 1. The molecule has 0 aliphatic rings. The van der Waals surface area contributed by atoms with Crippen LogP contribution in [0.1, 0.15) is 35.4 Å². The summed E-state index contributed by atoms with van der Waals surface area (Å²) in [5.74, 6) is -0.00367. The molecule has 3 rings (SSSR count). The van der Waals surface area contributed by atoms with Gasteiger partial charge in [-0.2, -0.15) is 15.5 Å². The van der Waals surface area contributed by atoms with E-state index in [2.05, 4.69) is 21.6 Å². The third kappa shape index (κ3) is 4.65. The van der Waals surface area contributed by atoms with Crippen LogP contribution in [0, 0.1) is 25.2 Å². The number of hydrogen-bond acceptors (Lipinski definition) is 4. The van der Waals surface area contributed by atoms with Crippen molar-refractivity contribution in [2.24, 2.45) is 0 Å². The molecule has 0 aliphatic heterocycles. The summed E-state index contributed by atoms with van der Waals surface area (Å²) >= 11 is 0. The van der Waals surface area contributed by atoms with Crippen LogP contribution < -0.4 is 5.32 Å². The molecule has 1 amide bonds. The first-order valence-electron chi connectivity index (χ1n) is 9.34. The first kappa shape index (κ1) is 19.4. The normalized spacial score (nSPS) is 10.6. The molecule has 0 fully saturated rings. The molecule has 144 valence electrons. The highest BCUT2D eigenvalue weighted by Gasteiger charge is 2.13. The van der Waals surface area contributed by atoms with Crippen LogP contribution in [-0.2, 0) is 24.3 Å². The Balaban J connectivity index is 1.51. The second kappa shape index (κ2) is 9.00. The summed E-state index contributed by atoms with van der Waals surface area (Å²) in [4.78, 5) is 12.3. The molecule has 2 aromatic heterocycles. The molecular formula is C21H24N6O. The number of carbonyl (C=O) groups excluding carboxylic acids is 1. The van der Waals surface area contributed by atoms with Gasteiger partial charge in [-0.3, -0.25) is 9.48 Å². The number of aromatic nitrogens is 4. The molecule has 0 saturated carbocycles. The standard InChI is InChI=1S/C21H24N6O/c1-16-20(17(2)26(25-16)12-6-11-22)9-10-21(28)23-13-18-14-24-27(15-18)19-7-4-3-5-8-19/h3-5,7-8,14-15H,6,9-10,12-13H2,1-2H3,(H,23,28). The molecule has 28 heavy (non-hydrogen) atoms. The summed E-state index contributed by atoms with van der Waals surface area (Å²) in [6, 6.07) is 12.0. The van der Waals surface area contributed by atoms with E-state index in [1.165, 1.54) is 0 Å². The zero-order chi connectivity index (χ0) is 19.9. The number of nitriles is 1. The van der Waals surface area contributed by atoms with E-state index in [0.717, 1.165) is 28.2 Å². The number of hydrogen-bond donors (Lipinski definition) is 1. The first-order chi connectivity index (χ1) is 13.6. The largest absolute Gasteiger partial charge is 0.352 e. The summed E-state index contributed by atoms with van der Waals surface area (Å²) in [7, 11) is 0. The lowest BCUT2D eigenvalue weighted by atomic mass is 10.1. The molecule has 0 saturated heterocycles. The van der Waals surface area contributed by atoms with Crippen molar-refractivity contribution in [1.29, 1.82) is 5.26 Å². The van der Waals surface area contributed by atoms with Gasteiger partial charge in [0.1, 0.15) is 0 Å². The summed E-state index contributed by atoms with van der Waals surface area (Å²) in [5, 5.41) is 20.5. The summed E-state index contributed by atoms with van der Waals surface area (Å²) < 4.78 is 3.65. The highest BCUT2D eigenvalue weighted by atomic mass is 16.1. The Hall–Kier alpha value is -3.40. The van der Waals surface area contributed by atoms with E-state index >= 15 is 0 Å². The van der Waals surface area contributed by atoms with E-state index in [-0.39, 0.29) is 5.91 Å². The number of rotatable bonds is 8. The van der Waals surface area contributed by atoms with Gasteiger partial charge in [0, 0.05) is 30.4 Å². The maximum Gasteiger partial charge on any atom is 0.220 e. The SMILES string of the molecule is Cc1nn(CCC#N)c(C)c1CCC(=O)NCc1cnn(-c2ccccc2)c1. The van der Waals surface area contributed by atoms with Gasteiger partial charge < -0.3 is 5.32 Å². The summed E-state index contributed by atoms with van der Waals surface area (Å²) in [5.41, 5.74) is 4.98. The van der Waals surface area contributed by atoms with E-state index in [1.54, 1.807) is 10.9 Å². The third-order valence-corrected chi connectivity index (χ3v) is 4.72. The minimum atomic E-state index is -0.00367. The second-order valence-electron chi connectivity index (χ2n) is 6.69. The first-order valence-corrected chi connectivity index (χ1v) is 9.34. The van der Waals surface area contributed by atoms with Crippen LogP contribution in [0.4, 0.5) is 0 Å². The van der Waals surface area contributed by atoms with E-state index in [4.69, 9.17) is 5.26 Å². The number of aryl methyl sites for hydroxylation is 2. The Kier molecular flexibility index (Phi) is 6.22. The zero-order valence-corrected chi connectivity index (χ0v) is 16.2. The molecule has 0 bridgehead atoms. The maximum absolute atomic E-state index is 12.3. The topological polar surface area (TPSA) is 88.5 Å². The van der Waals surface area contributed by atoms with Crippen LogP contribution in [-0.4, -0.2) is 25.5 Å². The molecule has 0 spiro atoms. The lowest BCUT2D eigenvalue weighted by Gasteiger charge is -2.05. The maximum atomic E-state index is 12.3. The fourth-order valence-corrected chi connectivity index (χ4v) is 3.17. The molecule has 3 aromatic rings. The van der Waals surface area contributed by atoms with Gasteiger partial charge in [-0.15, -0.1) is 0 Å². The van der Waals surface area contributed by atoms with Crippen LogP contribution >= 0.6 is 0 Å². The molecule has 1 N–H and O–H groups in total. The highest BCUT2D eigenvalue weighted by Crippen LogP contribution is 2.15. The van der Waals surface area contributed by atoms with Gasteiger partial charge in [0.2, 0.25) is 5.91 Å². The second-order valence-corrected chi connectivity index (χ2v) is 6.69. The molecule has 0 unspecified atom stereocenters. The third-order valence-electron chi connectivity index (χ3n) is 4.72. The van der Waals surface area contributed by atoms with Crippen LogP contribution in [0.2, 0.25) is 0 Å². The zero-order valence-electron chi connectivity index (χ0n) is 16.2. The molecule has 1 aromatic carbocycles. The lowest BCUT2D eigenvalue weighted by Crippen LogP contribution is -2.23. The minimum absolute atomic E-state index is 0.00367. The molecular weight excluding hydrogens is 352 g/mol. The van der Waals surface area contributed by atoms with Gasteiger partial charge in [0.05, 0.1) is 36.6 Å².